The van der Waals surface area contributed by atoms with Gasteiger partial charge in [0.1, 0.15) is 0 Å². The van der Waals surface area contributed by atoms with E-state index < -0.39 is 5.91 Å². The van der Waals surface area contributed by atoms with Crippen LogP contribution in [0, 0.1) is 0 Å². The number of guanidine groups is 1. The second kappa shape index (κ2) is 9.63. The third-order valence-corrected chi connectivity index (χ3v) is 3.26. The van der Waals surface area contributed by atoms with Gasteiger partial charge in [-0.1, -0.05) is 30.3 Å². The smallest absolute Gasteiger partial charge is 0.250 e. The van der Waals surface area contributed by atoms with Crippen LogP contribution in [0.25, 0.3) is 6.08 Å². The highest BCUT2D eigenvalue weighted by atomic mass is 16.5. The molecule has 0 spiro atoms. The average Bonchev–Trinajstić information content (AvgIpc) is 2.67. The minimum atomic E-state index is -0.392. The van der Waals surface area contributed by atoms with Crippen molar-refractivity contribution in [3.8, 4) is 11.5 Å². The van der Waals surface area contributed by atoms with E-state index in [2.05, 4.69) is 15.5 Å². The molecule has 2 aromatic carbocycles. The summed E-state index contributed by atoms with van der Waals surface area (Å²) in [6.07, 6.45) is 4.53. The summed E-state index contributed by atoms with van der Waals surface area (Å²) in [5.41, 5.74) is 7.29. The van der Waals surface area contributed by atoms with E-state index in [1.165, 1.54) is 12.3 Å². The molecule has 0 aliphatic carbocycles. The summed E-state index contributed by atoms with van der Waals surface area (Å²) in [7, 11) is 3.11. The Morgan fingerprint density at radius 3 is 2.46 bits per heavy atom. The van der Waals surface area contributed by atoms with Gasteiger partial charge >= 0.3 is 0 Å². The van der Waals surface area contributed by atoms with Crippen LogP contribution in [0.3, 0.4) is 0 Å². The molecule has 0 unspecified atom stereocenters. The SMILES string of the molecule is COc1ccc(/C=N/N=C(N)NC(=O)/C=C/c2ccccc2)cc1OC. The monoisotopic (exact) mass is 352 g/mol. The number of nitrogens with two attached hydrogens (primary N) is 1. The molecule has 0 bridgehead atoms. The highest BCUT2D eigenvalue weighted by Gasteiger charge is 2.03. The van der Waals surface area contributed by atoms with Gasteiger partial charge in [0.05, 0.1) is 20.4 Å². The Morgan fingerprint density at radius 1 is 1.04 bits per heavy atom. The maximum absolute atomic E-state index is 11.8. The third-order valence-electron chi connectivity index (χ3n) is 3.26. The Hall–Kier alpha value is -3.61. The summed E-state index contributed by atoms with van der Waals surface area (Å²) in [4.78, 5) is 11.8. The van der Waals surface area contributed by atoms with Gasteiger partial charge in [-0.2, -0.15) is 5.10 Å². The van der Waals surface area contributed by atoms with E-state index in [1.807, 2.05) is 30.3 Å². The van der Waals surface area contributed by atoms with E-state index in [0.717, 1.165) is 11.1 Å². The lowest BCUT2D eigenvalue weighted by atomic mass is 10.2. The first-order valence-corrected chi connectivity index (χ1v) is 7.75. The fraction of sp³-hybridized carbons (Fsp3) is 0.105. The average molecular weight is 352 g/mol. The first kappa shape index (κ1) is 18.7. The van der Waals surface area contributed by atoms with Gasteiger partial charge in [-0.05, 0) is 35.4 Å². The lowest BCUT2D eigenvalue weighted by Gasteiger charge is -2.07. The van der Waals surface area contributed by atoms with Crippen molar-refractivity contribution in [1.82, 2.24) is 5.32 Å². The molecule has 7 heteroatoms. The Morgan fingerprint density at radius 2 is 1.77 bits per heavy atom. The molecule has 0 saturated carbocycles. The minimum absolute atomic E-state index is 0.107. The number of carbonyl (C=O) groups is 1. The van der Waals surface area contributed by atoms with Crippen molar-refractivity contribution in [2.24, 2.45) is 15.9 Å². The second-order valence-electron chi connectivity index (χ2n) is 5.08. The van der Waals surface area contributed by atoms with Crippen LogP contribution in [-0.4, -0.2) is 32.3 Å². The van der Waals surface area contributed by atoms with Crippen LogP contribution in [0.5, 0.6) is 11.5 Å². The fourth-order valence-corrected chi connectivity index (χ4v) is 2.02. The molecule has 134 valence electrons. The zero-order valence-electron chi connectivity index (χ0n) is 14.5. The molecule has 0 saturated heterocycles. The summed E-state index contributed by atoms with van der Waals surface area (Å²) in [5, 5.41) is 10.0. The van der Waals surface area contributed by atoms with Crippen molar-refractivity contribution >= 4 is 24.2 Å². The van der Waals surface area contributed by atoms with Gasteiger partial charge in [0, 0.05) is 6.08 Å². The lowest BCUT2D eigenvalue weighted by molar-refractivity contribution is -0.115. The number of hydrogen-bond acceptors (Lipinski definition) is 5. The molecule has 0 atom stereocenters. The molecule has 2 rings (SSSR count). The molecule has 0 radical (unpaired) electrons. The number of methoxy groups -OCH3 is 2. The number of amides is 1. The zero-order chi connectivity index (χ0) is 18.8. The van der Waals surface area contributed by atoms with Crippen molar-refractivity contribution in [3.63, 3.8) is 0 Å². The summed E-state index contributed by atoms with van der Waals surface area (Å²) in [5.74, 6) is 0.693. The maximum atomic E-state index is 11.8. The number of nitrogens with one attached hydrogen (secondary N) is 1. The van der Waals surface area contributed by atoms with Gasteiger partial charge in [0.25, 0.3) is 5.91 Å². The molecule has 0 aliphatic heterocycles. The predicted octanol–water partition coefficient (Wildman–Crippen LogP) is 2.18. The lowest BCUT2D eigenvalue weighted by Crippen LogP contribution is -2.35. The maximum Gasteiger partial charge on any atom is 0.250 e. The molecule has 7 nitrogen and oxygen atoms in total. The van der Waals surface area contributed by atoms with E-state index in [4.69, 9.17) is 15.2 Å². The van der Waals surface area contributed by atoms with Gasteiger partial charge < -0.3 is 15.2 Å². The van der Waals surface area contributed by atoms with Crippen molar-refractivity contribution in [1.29, 1.82) is 0 Å². The van der Waals surface area contributed by atoms with E-state index in [1.54, 1.807) is 38.5 Å². The number of hydrogen-bond donors (Lipinski definition) is 2. The molecule has 1 amide bonds. The van der Waals surface area contributed by atoms with Crippen LogP contribution >= 0.6 is 0 Å². The number of nitrogens with zero attached hydrogens (tertiary/aromatic N) is 2. The molecule has 26 heavy (non-hydrogen) atoms. The molecule has 0 aliphatic rings. The van der Waals surface area contributed by atoms with Crippen molar-refractivity contribution in [2.45, 2.75) is 0 Å². The summed E-state index contributed by atoms with van der Waals surface area (Å²) < 4.78 is 10.4. The van der Waals surface area contributed by atoms with Crippen LogP contribution in [0.2, 0.25) is 0 Å². The van der Waals surface area contributed by atoms with Gasteiger partial charge in [-0.25, -0.2) is 0 Å². The fourth-order valence-electron chi connectivity index (χ4n) is 2.02. The number of benzene rings is 2. The molecule has 0 aromatic heterocycles. The van der Waals surface area contributed by atoms with Crippen LogP contribution < -0.4 is 20.5 Å². The first-order valence-electron chi connectivity index (χ1n) is 7.75. The first-order chi connectivity index (χ1) is 12.6. The second-order valence-corrected chi connectivity index (χ2v) is 5.08. The summed E-state index contributed by atoms with van der Waals surface area (Å²) in [6.45, 7) is 0. The van der Waals surface area contributed by atoms with Crippen LogP contribution in [0.4, 0.5) is 0 Å². The van der Waals surface area contributed by atoms with Crippen molar-refractivity contribution in [3.05, 3.63) is 65.7 Å². The van der Waals surface area contributed by atoms with E-state index in [-0.39, 0.29) is 5.96 Å². The largest absolute Gasteiger partial charge is 0.493 e. The number of ether oxygens (including phenoxy) is 2. The summed E-state index contributed by atoms with van der Waals surface area (Å²) >= 11 is 0. The van der Waals surface area contributed by atoms with Crippen LogP contribution in [0.1, 0.15) is 11.1 Å². The Balaban J connectivity index is 1.94. The third kappa shape index (κ3) is 5.79. The molecular weight excluding hydrogens is 332 g/mol. The van der Waals surface area contributed by atoms with Crippen LogP contribution in [0.15, 0.2) is 64.8 Å². The number of rotatable bonds is 6. The van der Waals surface area contributed by atoms with Gasteiger partial charge in [-0.3, -0.25) is 10.1 Å². The topological polar surface area (TPSA) is 98.3 Å². The summed E-state index contributed by atoms with van der Waals surface area (Å²) in [6, 6.07) is 14.7. The van der Waals surface area contributed by atoms with Crippen molar-refractivity contribution < 1.29 is 14.3 Å². The number of carbonyl (C=O) groups excluding carboxylic acids is 1. The molecule has 3 N–H and O–H groups in total. The van der Waals surface area contributed by atoms with E-state index in [9.17, 15) is 4.79 Å². The molecule has 0 heterocycles. The molecule has 0 fully saturated rings. The van der Waals surface area contributed by atoms with Gasteiger partial charge in [0.15, 0.2) is 11.5 Å². The highest BCUT2D eigenvalue weighted by molar-refractivity contribution is 6.03. The normalized spacial score (nSPS) is 11.7. The Kier molecular flexibility index (Phi) is 6.93. The Bertz CT molecular complexity index is 830. The molecule has 2 aromatic rings. The quantitative estimate of drug-likeness (QED) is 0.360. The van der Waals surface area contributed by atoms with E-state index >= 15 is 0 Å². The van der Waals surface area contributed by atoms with Gasteiger partial charge in [-0.15, -0.1) is 5.10 Å². The molecular formula is C19H20N4O3. The Labute approximate surface area is 151 Å². The standard InChI is InChI=1S/C19H20N4O3/c1-25-16-10-8-15(12-17(16)26-2)13-21-23-19(20)22-18(24)11-9-14-6-4-3-5-7-14/h3-13H,1-2H3,(H3,20,22,23,24)/b11-9+,21-13+. The minimum Gasteiger partial charge on any atom is -0.493 e. The van der Waals surface area contributed by atoms with E-state index in [0.29, 0.717) is 11.5 Å². The van der Waals surface area contributed by atoms with Crippen molar-refractivity contribution in [2.75, 3.05) is 14.2 Å². The predicted molar refractivity (Wildman–Crippen MR) is 102 cm³/mol. The zero-order valence-corrected chi connectivity index (χ0v) is 14.5. The van der Waals surface area contributed by atoms with Gasteiger partial charge in [0.2, 0.25) is 5.96 Å². The highest BCUT2D eigenvalue weighted by Crippen LogP contribution is 2.26. The van der Waals surface area contributed by atoms with Crippen LogP contribution in [-0.2, 0) is 4.79 Å².